The Labute approximate surface area is 102 Å². The molecule has 0 bridgehead atoms. The van der Waals surface area contributed by atoms with Crippen molar-refractivity contribution in [2.45, 2.75) is 23.6 Å². The molecule has 3 N–H and O–H groups in total. The summed E-state index contributed by atoms with van der Waals surface area (Å²) in [4.78, 5) is 14.5. The zero-order chi connectivity index (χ0) is 13.1. The molecular weight excluding hydrogens is 268 g/mol. The Balaban J connectivity index is 2.88. The minimum absolute atomic E-state index is 0.0424. The van der Waals surface area contributed by atoms with Crippen LogP contribution in [-0.4, -0.2) is 42.2 Å². The molecule has 1 atom stereocenters. The maximum Gasteiger partial charge on any atom is 0.321 e. The number of rotatable bonds is 6. The van der Waals surface area contributed by atoms with Gasteiger partial charge in [0.2, 0.25) is 0 Å². The van der Waals surface area contributed by atoms with Crippen LogP contribution in [0.1, 0.15) is 11.4 Å². The number of aliphatic hydroxyl groups excluding tert-OH is 1. The summed E-state index contributed by atoms with van der Waals surface area (Å²) in [5.74, 6) is -1.33. The Hall–Kier alpha value is -1.03. The third-order valence-corrected chi connectivity index (χ3v) is 4.72. The van der Waals surface area contributed by atoms with Crippen LogP contribution in [0, 0.1) is 6.92 Å². The van der Waals surface area contributed by atoms with E-state index in [1.165, 1.54) is 6.20 Å². The van der Waals surface area contributed by atoms with Gasteiger partial charge >= 0.3 is 5.97 Å². The highest BCUT2D eigenvalue weighted by Gasteiger charge is 2.26. The Morgan fingerprint density at radius 2 is 2.29 bits per heavy atom. The van der Waals surface area contributed by atoms with Crippen LogP contribution in [-0.2, 0) is 14.8 Å². The number of aliphatic carboxylic acids is 1. The summed E-state index contributed by atoms with van der Waals surface area (Å²) in [5.41, 5.74) is 0. The molecule has 0 saturated heterocycles. The van der Waals surface area contributed by atoms with E-state index in [1.807, 2.05) is 4.72 Å². The molecule has 17 heavy (non-hydrogen) atoms. The molecule has 0 aliphatic rings. The highest BCUT2D eigenvalue weighted by molar-refractivity contribution is 7.91. The number of carbonyl (C=O) groups is 1. The van der Waals surface area contributed by atoms with Crippen LogP contribution in [0.4, 0.5) is 0 Å². The zero-order valence-corrected chi connectivity index (χ0v) is 10.6. The summed E-state index contributed by atoms with van der Waals surface area (Å²) in [6, 6.07) is -1.34. The normalized spacial score (nSPS) is 13.5. The Morgan fingerprint density at radius 1 is 1.65 bits per heavy atom. The molecule has 96 valence electrons. The molecular formula is C8H12N2O5S2. The fourth-order valence-corrected chi connectivity index (χ4v) is 3.42. The lowest BCUT2D eigenvalue weighted by molar-refractivity contribution is -0.139. The highest BCUT2D eigenvalue weighted by Crippen LogP contribution is 2.18. The smallest absolute Gasteiger partial charge is 0.321 e. The van der Waals surface area contributed by atoms with E-state index in [-0.39, 0.29) is 10.6 Å². The van der Waals surface area contributed by atoms with E-state index < -0.39 is 28.6 Å². The molecule has 0 aliphatic heterocycles. The molecule has 1 aromatic rings. The molecule has 1 rings (SSSR count). The van der Waals surface area contributed by atoms with Crippen molar-refractivity contribution < 1.29 is 23.4 Å². The van der Waals surface area contributed by atoms with Crippen molar-refractivity contribution in [3.63, 3.8) is 0 Å². The lowest BCUT2D eigenvalue weighted by Gasteiger charge is -2.12. The second-order valence-corrected chi connectivity index (χ2v) is 6.40. The van der Waals surface area contributed by atoms with Gasteiger partial charge in [-0.15, -0.1) is 11.3 Å². The van der Waals surface area contributed by atoms with Gasteiger partial charge in [-0.3, -0.25) is 4.79 Å². The predicted molar refractivity (Wildman–Crippen MR) is 60.3 cm³/mol. The fourth-order valence-electron chi connectivity index (χ4n) is 1.07. The second-order valence-electron chi connectivity index (χ2n) is 3.22. The monoisotopic (exact) mass is 280 g/mol. The van der Waals surface area contributed by atoms with Crippen LogP contribution < -0.4 is 4.72 Å². The van der Waals surface area contributed by atoms with Crippen LogP contribution in [0.3, 0.4) is 0 Å². The van der Waals surface area contributed by atoms with Crippen molar-refractivity contribution in [1.29, 1.82) is 0 Å². The van der Waals surface area contributed by atoms with Gasteiger partial charge in [0.25, 0.3) is 10.0 Å². The van der Waals surface area contributed by atoms with Crippen LogP contribution in [0.5, 0.6) is 0 Å². The van der Waals surface area contributed by atoms with Crippen LogP contribution >= 0.6 is 11.3 Å². The van der Waals surface area contributed by atoms with E-state index in [9.17, 15) is 13.2 Å². The molecule has 9 heteroatoms. The molecule has 0 aliphatic carbocycles. The van der Waals surface area contributed by atoms with E-state index in [0.717, 1.165) is 11.3 Å². The number of aromatic nitrogens is 1. The van der Waals surface area contributed by atoms with Gasteiger partial charge in [-0.2, -0.15) is 4.72 Å². The van der Waals surface area contributed by atoms with Crippen molar-refractivity contribution in [2.24, 2.45) is 0 Å². The number of sulfonamides is 1. The standard InChI is InChI=1S/C8H12N2O5S2/c1-5-9-4-7(16-5)17(14,15)10-6(2-3-11)8(12)13/h4,6,10-11H,2-3H2,1H3,(H,12,13)/t6-/m0/s1. The van der Waals surface area contributed by atoms with E-state index in [0.29, 0.717) is 5.01 Å². The summed E-state index contributed by atoms with van der Waals surface area (Å²) in [6.45, 7) is 1.23. The summed E-state index contributed by atoms with van der Waals surface area (Å²) in [5, 5.41) is 18.0. The Morgan fingerprint density at radius 3 is 2.71 bits per heavy atom. The number of hydrogen-bond donors (Lipinski definition) is 3. The molecule has 7 nitrogen and oxygen atoms in total. The number of nitrogens with zero attached hydrogens (tertiary/aromatic N) is 1. The average Bonchev–Trinajstić information content (AvgIpc) is 2.64. The third kappa shape index (κ3) is 3.73. The summed E-state index contributed by atoms with van der Waals surface area (Å²) < 4.78 is 25.5. The number of aliphatic hydroxyl groups is 1. The number of nitrogens with one attached hydrogen (secondary N) is 1. The Kier molecular flexibility index (Phi) is 4.57. The zero-order valence-electron chi connectivity index (χ0n) is 8.95. The van der Waals surface area contributed by atoms with Gasteiger partial charge in [0.05, 0.1) is 11.2 Å². The van der Waals surface area contributed by atoms with E-state index in [2.05, 4.69) is 4.98 Å². The van der Waals surface area contributed by atoms with Crippen LogP contribution in [0.25, 0.3) is 0 Å². The van der Waals surface area contributed by atoms with Crippen molar-refractivity contribution >= 4 is 27.3 Å². The molecule has 0 amide bonds. The van der Waals surface area contributed by atoms with Crippen LogP contribution in [0.15, 0.2) is 10.4 Å². The first kappa shape index (κ1) is 14.0. The molecule has 0 saturated carbocycles. The van der Waals surface area contributed by atoms with Gasteiger partial charge in [0.1, 0.15) is 6.04 Å². The molecule has 0 spiro atoms. The molecule has 0 aromatic carbocycles. The second kappa shape index (κ2) is 5.54. The van der Waals surface area contributed by atoms with E-state index in [4.69, 9.17) is 10.2 Å². The predicted octanol–water partition coefficient (Wildman–Crippen LogP) is -0.435. The Bertz CT molecular complexity index is 496. The van der Waals surface area contributed by atoms with Crippen molar-refractivity contribution in [1.82, 2.24) is 9.71 Å². The first-order valence-corrected chi connectivity index (χ1v) is 6.95. The highest BCUT2D eigenvalue weighted by atomic mass is 32.2. The summed E-state index contributed by atoms with van der Waals surface area (Å²) in [7, 11) is -3.89. The average molecular weight is 280 g/mol. The number of thiazole rings is 1. The van der Waals surface area contributed by atoms with E-state index in [1.54, 1.807) is 6.92 Å². The fraction of sp³-hybridized carbons (Fsp3) is 0.500. The maximum atomic E-state index is 11.7. The van der Waals surface area contributed by atoms with Gasteiger partial charge in [0.15, 0.2) is 4.21 Å². The first-order chi connectivity index (χ1) is 7.86. The van der Waals surface area contributed by atoms with Gasteiger partial charge in [0, 0.05) is 6.61 Å². The molecule has 0 radical (unpaired) electrons. The lowest BCUT2D eigenvalue weighted by Crippen LogP contribution is -2.41. The molecule has 0 unspecified atom stereocenters. The van der Waals surface area contributed by atoms with Crippen LogP contribution in [0.2, 0.25) is 0 Å². The first-order valence-electron chi connectivity index (χ1n) is 4.65. The number of hydrogen-bond acceptors (Lipinski definition) is 6. The van der Waals surface area contributed by atoms with Crippen molar-refractivity contribution in [3.8, 4) is 0 Å². The van der Waals surface area contributed by atoms with Gasteiger partial charge in [-0.05, 0) is 13.3 Å². The quantitative estimate of drug-likeness (QED) is 0.650. The molecule has 0 fully saturated rings. The van der Waals surface area contributed by atoms with Crippen molar-refractivity contribution in [2.75, 3.05) is 6.61 Å². The van der Waals surface area contributed by atoms with Gasteiger partial charge in [-0.1, -0.05) is 0 Å². The minimum atomic E-state index is -3.89. The topological polar surface area (TPSA) is 117 Å². The minimum Gasteiger partial charge on any atom is -0.480 e. The molecule has 1 heterocycles. The third-order valence-electron chi connectivity index (χ3n) is 1.88. The number of aryl methyl sites for hydroxylation is 1. The lowest BCUT2D eigenvalue weighted by atomic mass is 10.2. The van der Waals surface area contributed by atoms with Crippen molar-refractivity contribution in [3.05, 3.63) is 11.2 Å². The SMILES string of the molecule is Cc1ncc(S(=O)(=O)N[C@@H](CCO)C(=O)O)s1. The number of carboxylic acid groups (broad SMARTS) is 1. The number of carboxylic acids is 1. The maximum absolute atomic E-state index is 11.7. The van der Waals surface area contributed by atoms with Gasteiger partial charge < -0.3 is 10.2 Å². The largest absolute Gasteiger partial charge is 0.480 e. The van der Waals surface area contributed by atoms with E-state index >= 15 is 0 Å². The molecule has 1 aromatic heterocycles. The van der Waals surface area contributed by atoms with Gasteiger partial charge in [-0.25, -0.2) is 13.4 Å². The summed E-state index contributed by atoms with van der Waals surface area (Å²) in [6.07, 6.45) is 0.979. The summed E-state index contributed by atoms with van der Waals surface area (Å²) >= 11 is 0.949.